The van der Waals surface area contributed by atoms with Crippen LogP contribution in [0.5, 0.6) is 0 Å². The normalized spacial score (nSPS) is 26.5. The molecular formula is C26H24N2O2. The minimum Gasteiger partial charge on any atom is -0.305 e. The van der Waals surface area contributed by atoms with E-state index in [-0.39, 0.29) is 17.6 Å². The van der Waals surface area contributed by atoms with E-state index in [1.165, 1.54) is 0 Å². The molecule has 0 spiro atoms. The Bertz CT molecular complexity index is 1160. The van der Waals surface area contributed by atoms with Crippen LogP contribution in [-0.2, 0) is 10.2 Å². The summed E-state index contributed by atoms with van der Waals surface area (Å²) >= 11 is 0. The average Bonchev–Trinajstić information content (AvgIpc) is 2.91. The predicted molar refractivity (Wildman–Crippen MR) is 117 cm³/mol. The van der Waals surface area contributed by atoms with Gasteiger partial charge in [-0.1, -0.05) is 54.1 Å². The maximum atomic E-state index is 14.3. The zero-order valence-corrected chi connectivity index (χ0v) is 17.4. The number of carbonyl (C=O) groups is 2. The number of para-hydroxylation sites is 1. The van der Waals surface area contributed by atoms with E-state index in [0.717, 1.165) is 22.5 Å². The molecule has 150 valence electrons. The molecule has 5 rings (SSSR count). The van der Waals surface area contributed by atoms with Gasteiger partial charge in [0.2, 0.25) is 5.91 Å². The molecule has 4 nitrogen and oxygen atoms in total. The van der Waals surface area contributed by atoms with Crippen LogP contribution in [0.15, 0.2) is 72.9 Å². The van der Waals surface area contributed by atoms with E-state index in [1.54, 1.807) is 13.1 Å². The monoisotopic (exact) mass is 396 g/mol. The Balaban J connectivity index is 1.79. The molecule has 30 heavy (non-hydrogen) atoms. The SMILES string of the molecule is CC(=O)N1c2ccccc2[C@]2(C(=O)c3ccc(C)cc3)[C@@H](c3ccccn3)C[C@]12C. The van der Waals surface area contributed by atoms with Gasteiger partial charge in [-0.15, -0.1) is 0 Å². The van der Waals surface area contributed by atoms with Crippen molar-refractivity contribution in [3.63, 3.8) is 0 Å². The Morgan fingerprint density at radius 2 is 1.70 bits per heavy atom. The molecule has 4 heteroatoms. The highest BCUT2D eigenvalue weighted by Gasteiger charge is 2.75. The first kappa shape index (κ1) is 18.7. The van der Waals surface area contributed by atoms with E-state index in [9.17, 15) is 9.59 Å². The molecule has 1 aliphatic carbocycles. The van der Waals surface area contributed by atoms with Crippen molar-refractivity contribution < 1.29 is 9.59 Å². The van der Waals surface area contributed by atoms with Gasteiger partial charge in [-0.2, -0.15) is 0 Å². The van der Waals surface area contributed by atoms with E-state index in [0.29, 0.717) is 12.0 Å². The van der Waals surface area contributed by atoms with Gasteiger partial charge in [0, 0.05) is 36.0 Å². The third-order valence-corrected chi connectivity index (χ3v) is 7.07. The van der Waals surface area contributed by atoms with Gasteiger partial charge in [0.25, 0.3) is 0 Å². The lowest BCUT2D eigenvalue weighted by atomic mass is 9.44. The first-order chi connectivity index (χ1) is 14.4. The first-order valence-corrected chi connectivity index (χ1v) is 10.3. The molecule has 1 saturated carbocycles. The molecule has 0 radical (unpaired) electrons. The van der Waals surface area contributed by atoms with E-state index in [4.69, 9.17) is 0 Å². The van der Waals surface area contributed by atoms with Crippen LogP contribution in [0.25, 0.3) is 0 Å². The molecule has 0 bridgehead atoms. The third-order valence-electron chi connectivity index (χ3n) is 7.07. The minimum atomic E-state index is -0.862. The van der Waals surface area contributed by atoms with Gasteiger partial charge >= 0.3 is 0 Å². The molecule has 2 aliphatic rings. The Kier molecular flexibility index (Phi) is 3.97. The summed E-state index contributed by atoms with van der Waals surface area (Å²) in [5.74, 6) is -0.0749. The average molecular weight is 396 g/mol. The number of anilines is 1. The number of aromatic nitrogens is 1. The van der Waals surface area contributed by atoms with Gasteiger partial charge in [-0.25, -0.2) is 0 Å². The van der Waals surface area contributed by atoms with Crippen LogP contribution in [0.2, 0.25) is 0 Å². The van der Waals surface area contributed by atoms with Gasteiger partial charge in [0.05, 0.1) is 11.0 Å². The van der Waals surface area contributed by atoms with Crippen LogP contribution < -0.4 is 4.90 Å². The number of hydrogen-bond acceptors (Lipinski definition) is 3. The van der Waals surface area contributed by atoms with Crippen molar-refractivity contribution in [1.82, 2.24) is 4.98 Å². The molecule has 1 fully saturated rings. The van der Waals surface area contributed by atoms with Crippen LogP contribution in [0, 0.1) is 6.92 Å². The number of Topliss-reactive ketones (excluding diaryl/α,β-unsaturated/α-hetero) is 1. The molecule has 1 aliphatic heterocycles. The summed E-state index contributed by atoms with van der Waals surface area (Å²) in [6.07, 6.45) is 2.47. The number of hydrogen-bond donors (Lipinski definition) is 0. The first-order valence-electron chi connectivity index (χ1n) is 10.3. The predicted octanol–water partition coefficient (Wildman–Crippen LogP) is 4.82. The van der Waals surface area contributed by atoms with Crippen LogP contribution in [0.3, 0.4) is 0 Å². The summed E-state index contributed by atoms with van der Waals surface area (Å²) in [6.45, 7) is 5.65. The third kappa shape index (κ3) is 2.19. The Morgan fingerprint density at radius 3 is 2.37 bits per heavy atom. The number of rotatable bonds is 3. The van der Waals surface area contributed by atoms with E-state index in [2.05, 4.69) is 11.9 Å². The highest BCUT2D eigenvalue weighted by atomic mass is 16.2. The fraction of sp³-hybridized carbons (Fsp3) is 0.269. The number of nitrogens with zero attached hydrogens (tertiary/aromatic N) is 2. The molecule has 2 aromatic carbocycles. The summed E-state index contributed by atoms with van der Waals surface area (Å²) in [6, 6.07) is 21.5. The summed E-state index contributed by atoms with van der Waals surface area (Å²) < 4.78 is 0. The number of carbonyl (C=O) groups excluding carboxylic acids is 2. The van der Waals surface area contributed by atoms with Gasteiger partial charge in [0.1, 0.15) is 0 Å². The highest BCUT2D eigenvalue weighted by molar-refractivity contribution is 6.13. The minimum absolute atomic E-state index is 0.0389. The Hall–Kier alpha value is -3.27. The molecule has 1 amide bonds. The number of aryl methyl sites for hydroxylation is 1. The molecular weight excluding hydrogens is 372 g/mol. The second-order valence-electron chi connectivity index (χ2n) is 8.66. The fourth-order valence-corrected chi connectivity index (χ4v) is 5.85. The lowest BCUT2D eigenvalue weighted by Crippen LogP contribution is -2.71. The van der Waals surface area contributed by atoms with E-state index < -0.39 is 11.0 Å². The van der Waals surface area contributed by atoms with Crippen LogP contribution in [0.1, 0.15) is 53.4 Å². The quantitative estimate of drug-likeness (QED) is 0.596. The van der Waals surface area contributed by atoms with Crippen LogP contribution in [-0.4, -0.2) is 22.2 Å². The summed E-state index contributed by atoms with van der Waals surface area (Å²) in [7, 11) is 0. The van der Waals surface area contributed by atoms with Crippen molar-refractivity contribution in [1.29, 1.82) is 0 Å². The van der Waals surface area contributed by atoms with Gasteiger partial charge in [0.15, 0.2) is 5.78 Å². The fourth-order valence-electron chi connectivity index (χ4n) is 5.85. The van der Waals surface area contributed by atoms with E-state index in [1.807, 2.05) is 78.6 Å². The number of ketones is 1. The second kappa shape index (κ2) is 6.36. The topological polar surface area (TPSA) is 50.3 Å². The summed E-state index contributed by atoms with van der Waals surface area (Å²) in [4.78, 5) is 33.5. The van der Waals surface area contributed by atoms with Gasteiger partial charge in [-0.05, 0) is 44.0 Å². The molecule has 0 N–H and O–H groups in total. The largest absolute Gasteiger partial charge is 0.305 e. The standard InChI is InChI=1S/C26H24N2O2/c1-17-11-13-19(14-12-17)24(30)26-20-8-4-5-10-23(20)28(18(2)29)25(26,3)16-21(26)22-9-6-7-15-27-22/h4-15,21H,16H2,1-3H3/t21-,25+,26-/m1/s1. The number of fused-ring (bicyclic) bond motifs is 3. The Labute approximate surface area is 176 Å². The number of amides is 1. The zero-order chi connectivity index (χ0) is 21.1. The molecule has 2 heterocycles. The smallest absolute Gasteiger partial charge is 0.224 e. The van der Waals surface area contributed by atoms with E-state index >= 15 is 0 Å². The molecule has 0 saturated heterocycles. The van der Waals surface area contributed by atoms with Crippen molar-refractivity contribution in [2.45, 2.75) is 44.1 Å². The lowest BCUT2D eigenvalue weighted by molar-refractivity contribution is -0.118. The maximum absolute atomic E-state index is 14.3. The van der Waals surface area contributed by atoms with Gasteiger partial charge in [-0.3, -0.25) is 14.6 Å². The summed E-state index contributed by atoms with van der Waals surface area (Å²) in [5.41, 5.74) is 2.95. The zero-order valence-electron chi connectivity index (χ0n) is 17.4. The van der Waals surface area contributed by atoms with Crippen LogP contribution in [0.4, 0.5) is 5.69 Å². The molecule has 3 atom stereocenters. The van der Waals surface area contributed by atoms with Crippen molar-refractivity contribution >= 4 is 17.4 Å². The molecule has 0 unspecified atom stereocenters. The number of pyridine rings is 1. The Morgan fingerprint density at radius 1 is 1.00 bits per heavy atom. The second-order valence-corrected chi connectivity index (χ2v) is 8.66. The van der Waals surface area contributed by atoms with Crippen molar-refractivity contribution in [2.24, 2.45) is 0 Å². The highest BCUT2D eigenvalue weighted by Crippen LogP contribution is 2.69. The van der Waals surface area contributed by atoms with Gasteiger partial charge < -0.3 is 4.90 Å². The summed E-state index contributed by atoms with van der Waals surface area (Å²) in [5, 5.41) is 0. The lowest BCUT2D eigenvalue weighted by Gasteiger charge is -2.60. The maximum Gasteiger partial charge on any atom is 0.224 e. The van der Waals surface area contributed by atoms with Crippen molar-refractivity contribution in [2.75, 3.05) is 4.90 Å². The van der Waals surface area contributed by atoms with Crippen LogP contribution >= 0.6 is 0 Å². The molecule has 3 aromatic rings. The molecule has 1 aromatic heterocycles. The van der Waals surface area contributed by atoms with Crippen molar-refractivity contribution in [3.8, 4) is 0 Å². The van der Waals surface area contributed by atoms with Crippen molar-refractivity contribution in [3.05, 3.63) is 95.3 Å². The number of benzene rings is 2.